The number of hydrogen-bond acceptors (Lipinski definition) is 3. The predicted octanol–water partition coefficient (Wildman–Crippen LogP) is 8.39. The lowest BCUT2D eigenvalue weighted by molar-refractivity contribution is -0.152. The third-order valence-corrected chi connectivity index (χ3v) is 5.84. The van der Waals surface area contributed by atoms with E-state index in [-0.39, 0.29) is 17.5 Å². The molecule has 0 spiro atoms. The Bertz CT molecular complexity index is 298. The molecule has 0 aliphatic rings. The lowest BCUT2D eigenvalue weighted by atomic mass is 9.79. The van der Waals surface area contributed by atoms with Crippen molar-refractivity contribution in [2.75, 3.05) is 7.11 Å². The summed E-state index contributed by atoms with van der Waals surface area (Å²) in [5.74, 6) is 0.00314. The van der Waals surface area contributed by atoms with Gasteiger partial charge in [0.2, 0.25) is 0 Å². The third-order valence-electron chi connectivity index (χ3n) is 5.84. The van der Waals surface area contributed by atoms with E-state index in [1.165, 1.54) is 89.9 Å². The monoisotopic (exact) mass is 385 g/mol. The van der Waals surface area contributed by atoms with Crippen LogP contribution in [0.15, 0.2) is 0 Å². The quantitative estimate of drug-likeness (QED) is 0.179. The van der Waals surface area contributed by atoms with E-state index in [4.69, 9.17) is 4.74 Å². The summed E-state index contributed by atoms with van der Waals surface area (Å²) in [5.41, 5.74) is -0.265. The number of ether oxygens (including phenoxy) is 1. The summed E-state index contributed by atoms with van der Waals surface area (Å²) in [6.45, 7) is 6.65. The minimum atomic E-state index is -0.265. The van der Waals surface area contributed by atoms with Gasteiger partial charge in [-0.1, -0.05) is 117 Å². The molecule has 0 saturated carbocycles. The summed E-state index contributed by atoms with van der Waals surface area (Å²) in [5, 5.41) is 0. The fourth-order valence-electron chi connectivity index (χ4n) is 3.87. The lowest BCUT2D eigenvalue weighted by Crippen LogP contribution is -2.29. The van der Waals surface area contributed by atoms with Gasteiger partial charge in [-0.3, -0.25) is 4.79 Å². The van der Waals surface area contributed by atoms with Crippen molar-refractivity contribution in [1.82, 2.24) is 6.15 Å². The normalized spacial score (nSPS) is 11.3. The number of methoxy groups -OCH3 is 1. The Hall–Kier alpha value is -0.570. The molecule has 0 aromatic rings. The van der Waals surface area contributed by atoms with Gasteiger partial charge in [0.15, 0.2) is 0 Å². The van der Waals surface area contributed by atoms with Crippen LogP contribution in [0.25, 0.3) is 0 Å². The molecular formula is C24H51NO2. The van der Waals surface area contributed by atoms with Gasteiger partial charge in [-0.25, -0.2) is 0 Å². The molecule has 0 aromatic carbocycles. The Morgan fingerprint density at radius 1 is 0.630 bits per heavy atom. The number of carbonyl (C=O) groups excluding carboxylic acids is 1. The zero-order valence-electron chi connectivity index (χ0n) is 19.3. The van der Waals surface area contributed by atoms with Gasteiger partial charge in [0.05, 0.1) is 12.5 Å². The Balaban J connectivity index is 0. The van der Waals surface area contributed by atoms with E-state index in [0.29, 0.717) is 0 Å². The molecule has 27 heavy (non-hydrogen) atoms. The van der Waals surface area contributed by atoms with Crippen molar-refractivity contribution in [1.29, 1.82) is 0 Å². The number of unbranched alkanes of at least 4 members (excludes halogenated alkanes) is 14. The summed E-state index contributed by atoms with van der Waals surface area (Å²) in [7, 11) is 1.54. The van der Waals surface area contributed by atoms with Crippen LogP contribution in [-0.2, 0) is 9.53 Å². The zero-order valence-corrected chi connectivity index (χ0v) is 19.3. The molecule has 0 rings (SSSR count). The number of hydrogen-bond donors (Lipinski definition) is 1. The average Bonchev–Trinajstić information content (AvgIpc) is 2.65. The van der Waals surface area contributed by atoms with Crippen LogP contribution in [0.1, 0.15) is 136 Å². The van der Waals surface area contributed by atoms with E-state index in [0.717, 1.165) is 25.7 Å². The summed E-state index contributed by atoms with van der Waals surface area (Å²) in [6.07, 6.45) is 23.1. The SMILES string of the molecule is CCCCCCCCCCC(C)(CCCCCCCCCC)C(=O)OC.N. The highest BCUT2D eigenvalue weighted by Gasteiger charge is 2.32. The van der Waals surface area contributed by atoms with Gasteiger partial charge >= 0.3 is 5.97 Å². The molecule has 3 N–H and O–H groups in total. The number of esters is 1. The van der Waals surface area contributed by atoms with Crippen molar-refractivity contribution in [3.63, 3.8) is 0 Å². The molecule has 3 heteroatoms. The Morgan fingerprint density at radius 3 is 1.22 bits per heavy atom. The highest BCUT2D eigenvalue weighted by atomic mass is 16.5. The first-order valence-corrected chi connectivity index (χ1v) is 11.7. The topological polar surface area (TPSA) is 61.3 Å². The van der Waals surface area contributed by atoms with Crippen LogP contribution in [0.3, 0.4) is 0 Å². The largest absolute Gasteiger partial charge is 0.469 e. The van der Waals surface area contributed by atoms with Crippen LogP contribution in [0, 0.1) is 5.41 Å². The molecule has 0 atom stereocenters. The molecule has 0 amide bonds. The summed E-state index contributed by atoms with van der Waals surface area (Å²) in [6, 6.07) is 0. The molecule has 0 radical (unpaired) electrons. The Kier molecular flexibility index (Phi) is 21.4. The van der Waals surface area contributed by atoms with Crippen LogP contribution in [0.2, 0.25) is 0 Å². The lowest BCUT2D eigenvalue weighted by Gasteiger charge is -2.26. The number of carbonyl (C=O) groups is 1. The zero-order chi connectivity index (χ0) is 19.5. The van der Waals surface area contributed by atoms with Gasteiger partial charge in [0, 0.05) is 0 Å². The van der Waals surface area contributed by atoms with Gasteiger partial charge in [-0.15, -0.1) is 0 Å². The van der Waals surface area contributed by atoms with E-state index >= 15 is 0 Å². The van der Waals surface area contributed by atoms with Gasteiger partial charge in [-0.05, 0) is 19.8 Å². The van der Waals surface area contributed by atoms with Crippen molar-refractivity contribution < 1.29 is 9.53 Å². The molecular weight excluding hydrogens is 334 g/mol. The molecule has 0 bridgehead atoms. The molecule has 0 saturated heterocycles. The predicted molar refractivity (Wildman–Crippen MR) is 120 cm³/mol. The molecule has 0 unspecified atom stereocenters. The average molecular weight is 386 g/mol. The summed E-state index contributed by atoms with van der Waals surface area (Å²) < 4.78 is 5.12. The molecule has 0 aromatic heterocycles. The second kappa shape index (κ2) is 20.2. The van der Waals surface area contributed by atoms with Crippen LogP contribution in [0.4, 0.5) is 0 Å². The standard InChI is InChI=1S/C24H48O2.H3N/c1-5-7-9-11-13-15-17-19-21-24(3,23(25)26-4)22-20-18-16-14-12-10-8-6-2;/h5-22H2,1-4H3;1H3. The molecule has 3 nitrogen and oxygen atoms in total. The second-order valence-corrected chi connectivity index (χ2v) is 8.50. The van der Waals surface area contributed by atoms with Crippen molar-refractivity contribution in [3.05, 3.63) is 0 Å². The van der Waals surface area contributed by atoms with Crippen LogP contribution >= 0.6 is 0 Å². The molecule has 164 valence electrons. The van der Waals surface area contributed by atoms with Crippen molar-refractivity contribution in [3.8, 4) is 0 Å². The van der Waals surface area contributed by atoms with Crippen molar-refractivity contribution in [2.45, 2.75) is 136 Å². The molecule has 0 fully saturated rings. The van der Waals surface area contributed by atoms with Crippen LogP contribution in [-0.4, -0.2) is 13.1 Å². The van der Waals surface area contributed by atoms with Crippen LogP contribution in [0.5, 0.6) is 0 Å². The molecule has 0 aliphatic carbocycles. The summed E-state index contributed by atoms with van der Waals surface area (Å²) >= 11 is 0. The smallest absolute Gasteiger partial charge is 0.311 e. The fraction of sp³-hybridized carbons (Fsp3) is 0.958. The maximum Gasteiger partial charge on any atom is 0.311 e. The minimum Gasteiger partial charge on any atom is -0.469 e. The van der Waals surface area contributed by atoms with E-state index < -0.39 is 0 Å². The molecule has 0 heterocycles. The molecule has 0 aliphatic heterocycles. The highest BCUT2D eigenvalue weighted by molar-refractivity contribution is 5.76. The maximum atomic E-state index is 12.3. The van der Waals surface area contributed by atoms with E-state index in [2.05, 4.69) is 20.8 Å². The third kappa shape index (κ3) is 16.1. The fourth-order valence-corrected chi connectivity index (χ4v) is 3.87. The van der Waals surface area contributed by atoms with Gasteiger partial charge < -0.3 is 10.9 Å². The highest BCUT2D eigenvalue weighted by Crippen LogP contribution is 2.33. The minimum absolute atomic E-state index is 0. The van der Waals surface area contributed by atoms with Crippen molar-refractivity contribution >= 4 is 5.97 Å². The van der Waals surface area contributed by atoms with Gasteiger partial charge in [-0.2, -0.15) is 0 Å². The maximum absolute atomic E-state index is 12.3. The Labute approximate surface area is 171 Å². The summed E-state index contributed by atoms with van der Waals surface area (Å²) in [4.78, 5) is 12.3. The van der Waals surface area contributed by atoms with Crippen molar-refractivity contribution in [2.24, 2.45) is 5.41 Å². The first-order valence-electron chi connectivity index (χ1n) is 11.7. The first kappa shape index (κ1) is 28.6. The number of rotatable bonds is 19. The van der Waals surface area contributed by atoms with Gasteiger partial charge in [0.1, 0.15) is 0 Å². The Morgan fingerprint density at radius 2 is 0.926 bits per heavy atom. The second-order valence-electron chi connectivity index (χ2n) is 8.50. The first-order chi connectivity index (χ1) is 12.6. The van der Waals surface area contributed by atoms with E-state index in [9.17, 15) is 4.79 Å². The van der Waals surface area contributed by atoms with E-state index in [1.807, 2.05) is 0 Å². The van der Waals surface area contributed by atoms with Gasteiger partial charge in [0.25, 0.3) is 0 Å². The van der Waals surface area contributed by atoms with E-state index in [1.54, 1.807) is 7.11 Å². The van der Waals surface area contributed by atoms with Crippen LogP contribution < -0.4 is 6.15 Å².